The van der Waals surface area contributed by atoms with Crippen LogP contribution < -0.4 is 0 Å². The van der Waals surface area contributed by atoms with Gasteiger partial charge in [0.1, 0.15) is 22.7 Å². The van der Waals surface area contributed by atoms with Crippen LogP contribution in [0.4, 0.5) is 4.79 Å². The Kier molecular flexibility index (Phi) is 4.91. The van der Waals surface area contributed by atoms with Gasteiger partial charge >= 0.3 is 6.09 Å². The molecule has 3 heterocycles. The molecule has 3 rings (SSSR count). The minimum atomic E-state index is -0.486. The van der Waals surface area contributed by atoms with Crippen molar-refractivity contribution in [1.29, 1.82) is 0 Å². The lowest BCUT2D eigenvalue weighted by Gasteiger charge is -2.29. The Hall–Kier alpha value is -1.82. The molecule has 1 unspecified atom stereocenters. The third-order valence-corrected chi connectivity index (χ3v) is 4.79. The Morgan fingerprint density at radius 1 is 1.40 bits per heavy atom. The van der Waals surface area contributed by atoms with Crippen LogP contribution in [0.15, 0.2) is 12.4 Å². The minimum absolute atomic E-state index is 0.101. The predicted molar refractivity (Wildman–Crippen MR) is 97.9 cm³/mol. The molecule has 6 nitrogen and oxygen atoms in total. The van der Waals surface area contributed by atoms with Crippen LogP contribution in [0.5, 0.6) is 0 Å². The van der Waals surface area contributed by atoms with E-state index in [-0.39, 0.29) is 12.1 Å². The van der Waals surface area contributed by atoms with E-state index in [0.29, 0.717) is 11.7 Å². The number of carbonyl (C=O) groups is 1. The fraction of sp³-hybridized carbons (Fsp3) is 0.611. The highest BCUT2D eigenvalue weighted by molar-refractivity contribution is 6.33. The van der Waals surface area contributed by atoms with Gasteiger partial charge in [0.15, 0.2) is 0 Å². The number of rotatable bonds is 3. The van der Waals surface area contributed by atoms with E-state index in [4.69, 9.17) is 16.3 Å². The fourth-order valence-electron chi connectivity index (χ4n) is 3.38. The Morgan fingerprint density at radius 2 is 2.16 bits per heavy atom. The van der Waals surface area contributed by atoms with Crippen molar-refractivity contribution in [3.8, 4) is 0 Å². The molecule has 25 heavy (non-hydrogen) atoms. The van der Waals surface area contributed by atoms with Crippen molar-refractivity contribution >= 4 is 28.7 Å². The monoisotopic (exact) mass is 364 g/mol. The maximum atomic E-state index is 12.5. The second-order valence-corrected chi connectivity index (χ2v) is 7.83. The van der Waals surface area contributed by atoms with Gasteiger partial charge in [-0.2, -0.15) is 0 Å². The highest BCUT2D eigenvalue weighted by atomic mass is 35.5. The first kappa shape index (κ1) is 18.0. The summed E-state index contributed by atoms with van der Waals surface area (Å²) in [6.07, 6.45) is 4.06. The molecule has 0 N–H and O–H groups in total. The van der Waals surface area contributed by atoms with Gasteiger partial charge in [-0.3, -0.25) is 0 Å². The summed E-state index contributed by atoms with van der Waals surface area (Å²) in [5.41, 5.74) is 1.49. The molecular weight excluding hydrogens is 340 g/mol. The van der Waals surface area contributed by atoms with E-state index in [1.54, 1.807) is 0 Å². The quantitative estimate of drug-likeness (QED) is 0.771. The van der Waals surface area contributed by atoms with Gasteiger partial charge in [-0.15, -0.1) is 0 Å². The number of hydrogen-bond acceptors (Lipinski definition) is 4. The van der Waals surface area contributed by atoms with Crippen molar-refractivity contribution < 1.29 is 9.53 Å². The summed E-state index contributed by atoms with van der Waals surface area (Å²) < 4.78 is 7.73. The predicted octanol–water partition coefficient (Wildman–Crippen LogP) is 4.05. The number of hydrogen-bond donors (Lipinski definition) is 0. The normalized spacial score (nSPS) is 18.1. The summed E-state index contributed by atoms with van der Waals surface area (Å²) in [5.74, 6) is 0. The van der Waals surface area contributed by atoms with Crippen LogP contribution >= 0.6 is 11.6 Å². The standard InChI is InChI=1S/C18H25ClN4O2/c1-5-12-9-14-15(19)20-11-21-16(14)23(12)10-13-7-6-8-22(13)17(24)25-18(2,3)4/h9,11,13H,5-8,10H2,1-4H3. The topological polar surface area (TPSA) is 60.2 Å². The van der Waals surface area contributed by atoms with Crippen LogP contribution in [-0.2, 0) is 17.7 Å². The molecule has 2 aromatic rings. The zero-order valence-electron chi connectivity index (χ0n) is 15.3. The lowest BCUT2D eigenvalue weighted by molar-refractivity contribution is 0.0214. The molecule has 1 saturated heterocycles. The van der Waals surface area contributed by atoms with Crippen molar-refractivity contribution in [2.24, 2.45) is 0 Å². The Balaban J connectivity index is 1.87. The highest BCUT2D eigenvalue weighted by Gasteiger charge is 2.33. The maximum absolute atomic E-state index is 12.5. The molecular formula is C18H25ClN4O2. The molecule has 1 aliphatic heterocycles. The SMILES string of the molecule is CCc1cc2c(Cl)ncnc2n1CC1CCCN1C(=O)OC(C)(C)C. The Bertz CT molecular complexity index is 781. The molecule has 1 amide bonds. The summed E-state index contributed by atoms with van der Waals surface area (Å²) in [6, 6.07) is 2.15. The number of ether oxygens (including phenoxy) is 1. The van der Waals surface area contributed by atoms with E-state index in [1.165, 1.54) is 6.33 Å². The molecule has 1 atom stereocenters. The molecule has 0 saturated carbocycles. The molecule has 0 spiro atoms. The molecule has 136 valence electrons. The average Bonchev–Trinajstić information content (AvgIpc) is 3.12. The van der Waals surface area contributed by atoms with E-state index in [9.17, 15) is 4.79 Å². The van der Waals surface area contributed by atoms with Crippen LogP contribution in [0.2, 0.25) is 5.15 Å². The largest absolute Gasteiger partial charge is 0.444 e. The Labute approximate surface area is 153 Å². The first-order valence-electron chi connectivity index (χ1n) is 8.78. The number of halogens is 1. The second kappa shape index (κ2) is 6.83. The minimum Gasteiger partial charge on any atom is -0.444 e. The van der Waals surface area contributed by atoms with Crippen LogP contribution in [0.3, 0.4) is 0 Å². The molecule has 0 aromatic carbocycles. The van der Waals surface area contributed by atoms with Gasteiger partial charge in [0, 0.05) is 18.8 Å². The molecule has 1 fully saturated rings. The van der Waals surface area contributed by atoms with E-state index in [1.807, 2.05) is 31.7 Å². The van der Waals surface area contributed by atoms with Crippen molar-refractivity contribution in [3.63, 3.8) is 0 Å². The van der Waals surface area contributed by atoms with Crippen molar-refractivity contribution in [2.75, 3.05) is 6.54 Å². The lowest BCUT2D eigenvalue weighted by atomic mass is 10.2. The van der Waals surface area contributed by atoms with Crippen molar-refractivity contribution in [3.05, 3.63) is 23.2 Å². The zero-order chi connectivity index (χ0) is 18.2. The van der Waals surface area contributed by atoms with Crippen LogP contribution in [0.25, 0.3) is 11.0 Å². The van der Waals surface area contributed by atoms with Gasteiger partial charge in [-0.1, -0.05) is 18.5 Å². The number of fused-ring (bicyclic) bond motifs is 1. The van der Waals surface area contributed by atoms with Gasteiger partial charge in [0.05, 0.1) is 11.4 Å². The van der Waals surface area contributed by atoms with Gasteiger partial charge in [0.25, 0.3) is 0 Å². The number of aryl methyl sites for hydroxylation is 1. The third-order valence-electron chi connectivity index (χ3n) is 4.49. The van der Waals surface area contributed by atoms with E-state index in [2.05, 4.69) is 21.5 Å². The summed E-state index contributed by atoms with van der Waals surface area (Å²) in [7, 11) is 0. The molecule has 0 radical (unpaired) electrons. The molecule has 7 heteroatoms. The van der Waals surface area contributed by atoms with Crippen molar-refractivity contribution in [1.82, 2.24) is 19.4 Å². The summed E-state index contributed by atoms with van der Waals surface area (Å²) >= 11 is 6.22. The van der Waals surface area contributed by atoms with Gasteiger partial charge in [-0.25, -0.2) is 14.8 Å². The van der Waals surface area contributed by atoms with E-state index < -0.39 is 5.60 Å². The first-order valence-corrected chi connectivity index (χ1v) is 9.16. The van der Waals surface area contributed by atoms with Crippen molar-refractivity contribution in [2.45, 2.75) is 65.1 Å². The second-order valence-electron chi connectivity index (χ2n) is 7.47. The molecule has 2 aromatic heterocycles. The van der Waals surface area contributed by atoms with Gasteiger partial charge in [0.2, 0.25) is 0 Å². The third kappa shape index (κ3) is 3.73. The fourth-order valence-corrected chi connectivity index (χ4v) is 3.56. The maximum Gasteiger partial charge on any atom is 0.410 e. The average molecular weight is 365 g/mol. The number of aromatic nitrogens is 3. The van der Waals surface area contributed by atoms with E-state index >= 15 is 0 Å². The Morgan fingerprint density at radius 3 is 2.84 bits per heavy atom. The smallest absolute Gasteiger partial charge is 0.410 e. The molecule has 0 aliphatic carbocycles. The van der Waals surface area contributed by atoms with Gasteiger partial charge < -0.3 is 14.2 Å². The first-order chi connectivity index (χ1) is 11.8. The summed E-state index contributed by atoms with van der Waals surface area (Å²) in [5, 5.41) is 1.33. The van der Waals surface area contributed by atoms with E-state index in [0.717, 1.165) is 42.5 Å². The summed E-state index contributed by atoms with van der Waals surface area (Å²) in [4.78, 5) is 22.8. The van der Waals surface area contributed by atoms with Crippen LogP contribution in [-0.4, -0.2) is 43.7 Å². The van der Waals surface area contributed by atoms with Crippen LogP contribution in [0, 0.1) is 0 Å². The van der Waals surface area contributed by atoms with Gasteiger partial charge in [-0.05, 0) is 46.1 Å². The number of carbonyl (C=O) groups excluding carboxylic acids is 1. The highest BCUT2D eigenvalue weighted by Crippen LogP contribution is 2.27. The number of nitrogens with zero attached hydrogens (tertiary/aromatic N) is 4. The van der Waals surface area contributed by atoms with Crippen LogP contribution in [0.1, 0.15) is 46.2 Å². The molecule has 0 bridgehead atoms. The lowest BCUT2D eigenvalue weighted by Crippen LogP contribution is -2.41. The number of amides is 1. The summed E-state index contributed by atoms with van der Waals surface area (Å²) in [6.45, 7) is 9.21. The molecule has 1 aliphatic rings. The zero-order valence-corrected chi connectivity index (χ0v) is 16.0. The number of likely N-dealkylation sites (tertiary alicyclic amines) is 1.